The van der Waals surface area contributed by atoms with Crippen molar-refractivity contribution < 1.29 is 0 Å². The topological polar surface area (TPSA) is 48.7 Å². The molecular formula is C11H8ClN3. The number of nitrogens with zero attached hydrogens (tertiary/aromatic N) is 2. The SMILES string of the molecule is CNc1cc(C#N)c2cccc(Cl)c2n1. The molecule has 1 aromatic heterocycles. The van der Waals surface area contributed by atoms with Crippen LogP contribution in [0.2, 0.25) is 5.02 Å². The van der Waals surface area contributed by atoms with Crippen molar-refractivity contribution in [1.29, 1.82) is 5.26 Å². The van der Waals surface area contributed by atoms with Crippen LogP contribution in [0.3, 0.4) is 0 Å². The number of para-hydroxylation sites is 1. The average Bonchev–Trinajstić information content (AvgIpc) is 2.28. The Morgan fingerprint density at radius 2 is 2.27 bits per heavy atom. The summed E-state index contributed by atoms with van der Waals surface area (Å²) in [5.41, 5.74) is 1.23. The summed E-state index contributed by atoms with van der Waals surface area (Å²) < 4.78 is 0. The molecule has 0 bridgehead atoms. The van der Waals surface area contributed by atoms with Gasteiger partial charge in [0, 0.05) is 12.4 Å². The summed E-state index contributed by atoms with van der Waals surface area (Å²) in [5.74, 6) is 0.646. The fourth-order valence-electron chi connectivity index (χ4n) is 1.43. The second kappa shape index (κ2) is 3.76. The zero-order valence-electron chi connectivity index (χ0n) is 8.08. The van der Waals surface area contributed by atoms with Crippen LogP contribution in [-0.4, -0.2) is 12.0 Å². The summed E-state index contributed by atoms with van der Waals surface area (Å²) in [6, 6.07) is 9.25. The van der Waals surface area contributed by atoms with Gasteiger partial charge in [-0.2, -0.15) is 5.26 Å². The van der Waals surface area contributed by atoms with Crippen LogP contribution in [-0.2, 0) is 0 Å². The number of pyridine rings is 1. The molecule has 2 aromatic rings. The molecule has 0 aliphatic carbocycles. The molecule has 0 aliphatic heterocycles. The van der Waals surface area contributed by atoms with Gasteiger partial charge in [0.05, 0.1) is 22.2 Å². The fourth-order valence-corrected chi connectivity index (χ4v) is 1.65. The summed E-state index contributed by atoms with van der Waals surface area (Å²) in [5, 5.41) is 13.2. The molecule has 1 N–H and O–H groups in total. The minimum atomic E-state index is 0.557. The molecule has 2 rings (SSSR count). The fraction of sp³-hybridized carbons (Fsp3) is 0.0909. The first-order chi connectivity index (χ1) is 7.26. The Hall–Kier alpha value is -1.79. The van der Waals surface area contributed by atoms with Crippen LogP contribution in [0, 0.1) is 11.3 Å². The highest BCUT2D eigenvalue weighted by molar-refractivity contribution is 6.35. The van der Waals surface area contributed by atoms with Crippen molar-refractivity contribution >= 4 is 28.3 Å². The molecule has 1 aromatic carbocycles. The molecule has 15 heavy (non-hydrogen) atoms. The average molecular weight is 218 g/mol. The summed E-state index contributed by atoms with van der Waals surface area (Å²) in [4.78, 5) is 4.31. The molecule has 1 heterocycles. The molecule has 0 saturated carbocycles. The van der Waals surface area contributed by atoms with Crippen LogP contribution in [0.4, 0.5) is 5.82 Å². The summed E-state index contributed by atoms with van der Waals surface area (Å²) in [7, 11) is 1.76. The zero-order chi connectivity index (χ0) is 10.8. The zero-order valence-corrected chi connectivity index (χ0v) is 8.84. The largest absolute Gasteiger partial charge is 0.373 e. The molecule has 4 heteroatoms. The molecule has 0 atom stereocenters. The van der Waals surface area contributed by atoms with Crippen molar-refractivity contribution in [2.75, 3.05) is 12.4 Å². The highest BCUT2D eigenvalue weighted by Crippen LogP contribution is 2.25. The predicted molar refractivity (Wildman–Crippen MR) is 61.0 cm³/mol. The van der Waals surface area contributed by atoms with Crippen molar-refractivity contribution in [3.63, 3.8) is 0 Å². The maximum Gasteiger partial charge on any atom is 0.127 e. The molecule has 0 fully saturated rings. The predicted octanol–water partition coefficient (Wildman–Crippen LogP) is 2.80. The number of aromatic nitrogens is 1. The first-order valence-electron chi connectivity index (χ1n) is 4.43. The molecule has 0 spiro atoms. The van der Waals surface area contributed by atoms with Crippen molar-refractivity contribution in [2.24, 2.45) is 0 Å². The third-order valence-corrected chi connectivity index (χ3v) is 2.47. The lowest BCUT2D eigenvalue weighted by Crippen LogP contribution is -1.94. The van der Waals surface area contributed by atoms with Gasteiger partial charge >= 0.3 is 0 Å². The Bertz CT molecular complexity index is 557. The van der Waals surface area contributed by atoms with E-state index in [-0.39, 0.29) is 0 Å². The van der Waals surface area contributed by atoms with Crippen molar-refractivity contribution in [3.05, 3.63) is 34.9 Å². The van der Waals surface area contributed by atoms with Gasteiger partial charge in [0.1, 0.15) is 5.82 Å². The normalized spacial score (nSPS) is 9.93. The highest BCUT2D eigenvalue weighted by Gasteiger charge is 2.06. The number of benzene rings is 1. The minimum absolute atomic E-state index is 0.557. The Morgan fingerprint density at radius 1 is 1.47 bits per heavy atom. The van der Waals surface area contributed by atoms with Gasteiger partial charge in [-0.05, 0) is 12.1 Å². The molecule has 0 unspecified atom stereocenters. The van der Waals surface area contributed by atoms with E-state index in [1.807, 2.05) is 12.1 Å². The minimum Gasteiger partial charge on any atom is -0.373 e. The second-order valence-electron chi connectivity index (χ2n) is 3.05. The van der Waals surface area contributed by atoms with E-state index >= 15 is 0 Å². The number of hydrogen-bond donors (Lipinski definition) is 1. The maximum absolute atomic E-state index is 9.00. The summed E-state index contributed by atoms with van der Waals surface area (Å²) in [6.07, 6.45) is 0. The summed E-state index contributed by atoms with van der Waals surface area (Å²) >= 11 is 6.02. The quantitative estimate of drug-likeness (QED) is 0.799. The van der Waals surface area contributed by atoms with E-state index < -0.39 is 0 Å². The number of nitrogens with one attached hydrogen (secondary N) is 1. The van der Waals surface area contributed by atoms with Gasteiger partial charge in [0.15, 0.2) is 0 Å². The molecular weight excluding hydrogens is 210 g/mol. The Labute approximate surface area is 92.3 Å². The third-order valence-electron chi connectivity index (χ3n) is 2.17. The van der Waals surface area contributed by atoms with E-state index in [1.165, 1.54) is 0 Å². The van der Waals surface area contributed by atoms with Crippen LogP contribution >= 0.6 is 11.6 Å². The van der Waals surface area contributed by atoms with Gasteiger partial charge in [0.2, 0.25) is 0 Å². The van der Waals surface area contributed by atoms with Crippen LogP contribution in [0.5, 0.6) is 0 Å². The van der Waals surface area contributed by atoms with Gasteiger partial charge < -0.3 is 5.32 Å². The third kappa shape index (κ3) is 1.60. The van der Waals surface area contributed by atoms with E-state index in [9.17, 15) is 0 Å². The molecule has 0 saturated heterocycles. The van der Waals surface area contributed by atoms with Gasteiger partial charge in [-0.1, -0.05) is 23.7 Å². The van der Waals surface area contributed by atoms with E-state index in [0.29, 0.717) is 21.9 Å². The van der Waals surface area contributed by atoms with Crippen molar-refractivity contribution in [2.45, 2.75) is 0 Å². The number of fused-ring (bicyclic) bond motifs is 1. The first kappa shape index (κ1) is 9.75. The summed E-state index contributed by atoms with van der Waals surface area (Å²) in [6.45, 7) is 0. The number of hydrogen-bond acceptors (Lipinski definition) is 3. The van der Waals surface area contributed by atoms with Gasteiger partial charge in [-0.15, -0.1) is 0 Å². The van der Waals surface area contributed by atoms with E-state index in [2.05, 4.69) is 16.4 Å². The highest BCUT2D eigenvalue weighted by atomic mass is 35.5. The van der Waals surface area contributed by atoms with Gasteiger partial charge in [-0.3, -0.25) is 0 Å². The lowest BCUT2D eigenvalue weighted by molar-refractivity contribution is 1.33. The maximum atomic E-state index is 9.00. The molecule has 0 amide bonds. The number of anilines is 1. The van der Waals surface area contributed by atoms with E-state index in [1.54, 1.807) is 19.2 Å². The number of nitriles is 1. The Balaban J connectivity index is 2.88. The number of halogens is 1. The van der Waals surface area contributed by atoms with Crippen LogP contribution < -0.4 is 5.32 Å². The Kier molecular flexibility index (Phi) is 2.44. The van der Waals surface area contributed by atoms with Crippen molar-refractivity contribution in [1.82, 2.24) is 4.98 Å². The first-order valence-corrected chi connectivity index (χ1v) is 4.81. The Morgan fingerprint density at radius 3 is 2.93 bits per heavy atom. The van der Waals surface area contributed by atoms with Crippen LogP contribution in [0.25, 0.3) is 10.9 Å². The number of rotatable bonds is 1. The van der Waals surface area contributed by atoms with Gasteiger partial charge in [-0.25, -0.2) is 4.98 Å². The van der Waals surface area contributed by atoms with Crippen LogP contribution in [0.1, 0.15) is 5.56 Å². The van der Waals surface area contributed by atoms with E-state index in [0.717, 1.165) is 5.39 Å². The second-order valence-corrected chi connectivity index (χ2v) is 3.46. The van der Waals surface area contributed by atoms with Crippen LogP contribution in [0.15, 0.2) is 24.3 Å². The molecule has 0 aliphatic rings. The smallest absolute Gasteiger partial charge is 0.127 e. The lowest BCUT2D eigenvalue weighted by Gasteiger charge is -2.05. The van der Waals surface area contributed by atoms with Crippen molar-refractivity contribution in [3.8, 4) is 6.07 Å². The lowest BCUT2D eigenvalue weighted by atomic mass is 10.1. The van der Waals surface area contributed by atoms with Gasteiger partial charge in [0.25, 0.3) is 0 Å². The molecule has 3 nitrogen and oxygen atoms in total. The standard InChI is InChI=1S/C11H8ClN3/c1-14-10-5-7(6-13)8-3-2-4-9(12)11(8)15-10/h2-5H,1H3,(H,14,15). The molecule has 0 radical (unpaired) electrons. The molecule has 74 valence electrons. The van der Waals surface area contributed by atoms with E-state index in [4.69, 9.17) is 16.9 Å². The monoisotopic (exact) mass is 217 g/mol.